The van der Waals surface area contributed by atoms with Crippen molar-refractivity contribution in [3.63, 3.8) is 0 Å². The van der Waals surface area contributed by atoms with E-state index in [0.29, 0.717) is 5.54 Å². The maximum Gasteiger partial charge on any atom is 0.369 e. The van der Waals surface area contributed by atoms with Gasteiger partial charge in [-0.15, -0.1) is 0 Å². The van der Waals surface area contributed by atoms with Crippen LogP contribution < -0.4 is 0 Å². The Morgan fingerprint density at radius 2 is 1.67 bits per heavy atom. The van der Waals surface area contributed by atoms with Crippen molar-refractivity contribution in [2.24, 2.45) is 0 Å². The van der Waals surface area contributed by atoms with Gasteiger partial charge in [-0.3, -0.25) is 0 Å². The lowest BCUT2D eigenvalue weighted by atomic mass is 10.5. The van der Waals surface area contributed by atoms with E-state index in [9.17, 15) is 0 Å². The minimum absolute atomic E-state index is 0.448. The third-order valence-electron chi connectivity index (χ3n) is 2.35. The predicted octanol–water partition coefficient (Wildman–Crippen LogP) is 2.64. The summed E-state index contributed by atoms with van der Waals surface area (Å²) < 4.78 is 11.1. The molecule has 3 heteroatoms. The molecule has 0 heterocycles. The maximum absolute atomic E-state index is 5.55. The molecule has 0 rings (SSSR count). The standard InChI is InChI=1S/C9H20O2Si/c1-7-9(4)12(10-5,11-6)8(2)3/h7-8H,1-6H3/b9-7-. The van der Waals surface area contributed by atoms with Crippen molar-refractivity contribution in [3.05, 3.63) is 11.3 Å². The summed E-state index contributed by atoms with van der Waals surface area (Å²) in [6.07, 6.45) is 2.08. The second kappa shape index (κ2) is 4.79. The van der Waals surface area contributed by atoms with E-state index in [4.69, 9.17) is 8.85 Å². The highest BCUT2D eigenvalue weighted by atomic mass is 28.4. The van der Waals surface area contributed by atoms with E-state index in [-0.39, 0.29) is 0 Å². The van der Waals surface area contributed by atoms with Crippen LogP contribution in [0.1, 0.15) is 27.7 Å². The van der Waals surface area contributed by atoms with Crippen LogP contribution in [0.5, 0.6) is 0 Å². The smallest absolute Gasteiger partial charge is 0.369 e. The van der Waals surface area contributed by atoms with Crippen molar-refractivity contribution in [2.75, 3.05) is 14.2 Å². The van der Waals surface area contributed by atoms with Crippen molar-refractivity contribution in [2.45, 2.75) is 33.2 Å². The summed E-state index contributed by atoms with van der Waals surface area (Å²) in [4.78, 5) is 0. The van der Waals surface area contributed by atoms with Gasteiger partial charge >= 0.3 is 8.56 Å². The van der Waals surface area contributed by atoms with Gasteiger partial charge in [-0.2, -0.15) is 0 Å². The van der Waals surface area contributed by atoms with E-state index in [1.54, 1.807) is 14.2 Å². The Balaban J connectivity index is 4.82. The van der Waals surface area contributed by atoms with Gasteiger partial charge in [-0.25, -0.2) is 0 Å². The molecule has 0 amide bonds. The van der Waals surface area contributed by atoms with Gasteiger partial charge in [-0.05, 0) is 19.0 Å². The summed E-state index contributed by atoms with van der Waals surface area (Å²) in [5, 5.41) is 1.25. The largest absolute Gasteiger partial charge is 0.394 e. The van der Waals surface area contributed by atoms with E-state index in [0.717, 1.165) is 0 Å². The first-order valence-electron chi connectivity index (χ1n) is 4.28. The molecule has 0 saturated heterocycles. The molecule has 0 unspecified atom stereocenters. The average Bonchev–Trinajstić information content (AvgIpc) is 2.06. The number of hydrogen-bond donors (Lipinski definition) is 0. The van der Waals surface area contributed by atoms with E-state index < -0.39 is 8.56 Å². The lowest BCUT2D eigenvalue weighted by Gasteiger charge is -2.31. The van der Waals surface area contributed by atoms with Gasteiger partial charge in [-0.1, -0.05) is 19.9 Å². The fraction of sp³-hybridized carbons (Fsp3) is 0.778. The highest BCUT2D eigenvalue weighted by molar-refractivity contribution is 6.76. The van der Waals surface area contributed by atoms with Gasteiger partial charge in [0.15, 0.2) is 0 Å². The van der Waals surface area contributed by atoms with Crippen LogP contribution >= 0.6 is 0 Å². The zero-order valence-electron chi connectivity index (χ0n) is 8.97. The van der Waals surface area contributed by atoms with Crippen LogP contribution in [0, 0.1) is 0 Å². The summed E-state index contributed by atoms with van der Waals surface area (Å²) in [5.74, 6) is 0. The Bertz CT molecular complexity index is 160. The molecule has 0 spiro atoms. The van der Waals surface area contributed by atoms with Crippen LogP contribution in [-0.4, -0.2) is 22.8 Å². The molecule has 0 atom stereocenters. The number of allylic oxidation sites excluding steroid dienone is 2. The van der Waals surface area contributed by atoms with Crippen LogP contribution in [0.25, 0.3) is 0 Å². The summed E-state index contributed by atoms with van der Waals surface area (Å²) >= 11 is 0. The molecule has 0 aromatic rings. The molecule has 0 aromatic carbocycles. The van der Waals surface area contributed by atoms with Crippen LogP contribution in [0.15, 0.2) is 11.3 Å². The monoisotopic (exact) mass is 188 g/mol. The van der Waals surface area contributed by atoms with Gasteiger partial charge in [0.25, 0.3) is 0 Å². The highest BCUT2D eigenvalue weighted by Gasteiger charge is 2.41. The summed E-state index contributed by atoms with van der Waals surface area (Å²) in [6.45, 7) is 8.40. The summed E-state index contributed by atoms with van der Waals surface area (Å²) in [6, 6.07) is 0. The van der Waals surface area contributed by atoms with Gasteiger partial charge in [0.1, 0.15) is 0 Å². The SMILES string of the molecule is C/C=C(/C)[Si](OC)(OC)C(C)C. The lowest BCUT2D eigenvalue weighted by molar-refractivity contribution is 0.243. The molecule has 0 N–H and O–H groups in total. The third-order valence-corrected chi connectivity index (χ3v) is 6.47. The highest BCUT2D eigenvalue weighted by Crippen LogP contribution is 2.28. The van der Waals surface area contributed by atoms with Crippen molar-refractivity contribution in [1.82, 2.24) is 0 Å². The second-order valence-corrected chi connectivity index (χ2v) is 7.30. The molecule has 0 aliphatic rings. The summed E-state index contributed by atoms with van der Waals surface area (Å²) in [5.41, 5.74) is 0.448. The van der Waals surface area contributed by atoms with Crippen molar-refractivity contribution in [1.29, 1.82) is 0 Å². The van der Waals surface area contributed by atoms with Crippen LogP contribution in [0.2, 0.25) is 5.54 Å². The van der Waals surface area contributed by atoms with Crippen LogP contribution in [-0.2, 0) is 8.85 Å². The van der Waals surface area contributed by atoms with E-state index in [1.807, 2.05) is 6.92 Å². The fourth-order valence-electron chi connectivity index (χ4n) is 1.53. The minimum atomic E-state index is -2.06. The Morgan fingerprint density at radius 3 is 1.75 bits per heavy atom. The quantitative estimate of drug-likeness (QED) is 0.631. The van der Waals surface area contributed by atoms with E-state index in [2.05, 4.69) is 26.8 Å². The molecular formula is C9H20O2Si. The normalized spacial score (nSPS) is 14.1. The van der Waals surface area contributed by atoms with Gasteiger partial charge in [0.05, 0.1) is 0 Å². The molecule has 0 bridgehead atoms. The van der Waals surface area contributed by atoms with E-state index in [1.165, 1.54) is 5.20 Å². The maximum atomic E-state index is 5.55. The molecule has 0 aliphatic heterocycles. The Kier molecular flexibility index (Phi) is 4.75. The van der Waals surface area contributed by atoms with Gasteiger partial charge < -0.3 is 8.85 Å². The Labute approximate surface area is 76.8 Å². The molecule has 2 nitrogen and oxygen atoms in total. The van der Waals surface area contributed by atoms with E-state index >= 15 is 0 Å². The van der Waals surface area contributed by atoms with Crippen LogP contribution in [0.4, 0.5) is 0 Å². The minimum Gasteiger partial charge on any atom is -0.394 e. The Hall–Kier alpha value is -0.123. The fourth-order valence-corrected chi connectivity index (χ4v) is 4.60. The molecule has 0 radical (unpaired) electrons. The predicted molar refractivity (Wildman–Crippen MR) is 54.3 cm³/mol. The van der Waals surface area contributed by atoms with Crippen molar-refractivity contribution < 1.29 is 8.85 Å². The summed E-state index contributed by atoms with van der Waals surface area (Å²) in [7, 11) is 1.41. The lowest BCUT2D eigenvalue weighted by Crippen LogP contribution is -2.45. The topological polar surface area (TPSA) is 18.5 Å². The second-order valence-electron chi connectivity index (χ2n) is 3.20. The first kappa shape index (κ1) is 11.9. The average molecular weight is 188 g/mol. The molecule has 72 valence electrons. The molecule has 0 aliphatic carbocycles. The number of rotatable bonds is 4. The number of hydrogen-bond acceptors (Lipinski definition) is 2. The molecule has 12 heavy (non-hydrogen) atoms. The first-order chi connectivity index (χ1) is 5.55. The van der Waals surface area contributed by atoms with Crippen LogP contribution in [0.3, 0.4) is 0 Å². The zero-order valence-corrected chi connectivity index (χ0v) is 9.97. The molecule has 0 fully saturated rings. The third kappa shape index (κ3) is 1.97. The zero-order chi connectivity index (χ0) is 9.78. The molecule has 0 saturated carbocycles. The van der Waals surface area contributed by atoms with Crippen molar-refractivity contribution >= 4 is 8.56 Å². The molecular weight excluding hydrogens is 168 g/mol. The first-order valence-corrected chi connectivity index (χ1v) is 6.18. The van der Waals surface area contributed by atoms with Crippen molar-refractivity contribution in [3.8, 4) is 0 Å². The Morgan fingerprint density at radius 1 is 1.25 bits per heavy atom. The molecule has 0 aromatic heterocycles. The van der Waals surface area contributed by atoms with Gasteiger partial charge in [0.2, 0.25) is 0 Å². The van der Waals surface area contributed by atoms with Gasteiger partial charge in [0, 0.05) is 19.8 Å².